The molecule has 0 unspecified atom stereocenters. The van der Waals surface area contributed by atoms with E-state index in [4.69, 9.17) is 23.8 Å². The number of amides is 2. The molecule has 1 aromatic carbocycles. The summed E-state index contributed by atoms with van der Waals surface area (Å²) >= 11 is 11.4. The van der Waals surface area contributed by atoms with Crippen LogP contribution in [0.1, 0.15) is 33.6 Å². The van der Waals surface area contributed by atoms with Crippen LogP contribution in [0.4, 0.5) is 11.4 Å². The van der Waals surface area contributed by atoms with Crippen molar-refractivity contribution in [1.29, 1.82) is 0 Å². The molecule has 0 atom stereocenters. The van der Waals surface area contributed by atoms with Crippen molar-refractivity contribution in [2.24, 2.45) is 5.92 Å². The Hall–Kier alpha value is -1.86. The summed E-state index contributed by atoms with van der Waals surface area (Å²) in [6, 6.07) is 5.55. The molecule has 0 radical (unpaired) electrons. The van der Waals surface area contributed by atoms with Crippen molar-refractivity contribution < 1.29 is 9.59 Å². The molecule has 1 heterocycles. The first-order chi connectivity index (χ1) is 12.8. The number of carbonyl (C=O) groups is 2. The third-order valence-electron chi connectivity index (χ3n) is 4.36. The normalized spacial score (nSPS) is 14.3. The standard InChI is InChI=1S/C19H27ClN4O2S/c1-4-5-17(25)22-19(27)21-15-12-14(20)6-7-16(15)23-8-10-24(11-9-23)18(26)13(2)3/h6-7,12-13H,4-5,8-11H2,1-3H3,(H2,21,22,25,27). The first kappa shape index (κ1) is 21.4. The van der Waals surface area contributed by atoms with Crippen LogP contribution >= 0.6 is 23.8 Å². The van der Waals surface area contributed by atoms with Crippen molar-refractivity contribution in [1.82, 2.24) is 10.2 Å². The van der Waals surface area contributed by atoms with Gasteiger partial charge in [0.2, 0.25) is 11.8 Å². The van der Waals surface area contributed by atoms with Gasteiger partial charge in [0.05, 0.1) is 11.4 Å². The van der Waals surface area contributed by atoms with Crippen molar-refractivity contribution in [2.45, 2.75) is 33.6 Å². The van der Waals surface area contributed by atoms with Gasteiger partial charge < -0.3 is 20.4 Å². The second-order valence-electron chi connectivity index (χ2n) is 6.88. The minimum Gasteiger partial charge on any atom is -0.366 e. The molecule has 1 aromatic rings. The number of rotatable bonds is 5. The molecule has 0 spiro atoms. The zero-order valence-corrected chi connectivity index (χ0v) is 17.6. The van der Waals surface area contributed by atoms with E-state index in [0.717, 1.165) is 30.9 Å². The van der Waals surface area contributed by atoms with Crippen LogP contribution in [0, 0.1) is 5.92 Å². The van der Waals surface area contributed by atoms with Crippen molar-refractivity contribution in [2.75, 3.05) is 36.4 Å². The number of carbonyl (C=O) groups excluding carboxylic acids is 2. The van der Waals surface area contributed by atoms with E-state index in [1.807, 2.05) is 37.8 Å². The van der Waals surface area contributed by atoms with Gasteiger partial charge in [-0.25, -0.2) is 0 Å². The van der Waals surface area contributed by atoms with E-state index in [0.29, 0.717) is 24.5 Å². The highest BCUT2D eigenvalue weighted by Crippen LogP contribution is 2.30. The highest BCUT2D eigenvalue weighted by Gasteiger charge is 2.24. The lowest BCUT2D eigenvalue weighted by molar-refractivity contribution is -0.134. The predicted octanol–water partition coefficient (Wildman–Crippen LogP) is 3.26. The van der Waals surface area contributed by atoms with Gasteiger partial charge in [-0.2, -0.15) is 0 Å². The van der Waals surface area contributed by atoms with E-state index < -0.39 is 0 Å². The average molecular weight is 411 g/mol. The monoisotopic (exact) mass is 410 g/mol. The predicted molar refractivity (Wildman–Crippen MR) is 114 cm³/mol. The lowest BCUT2D eigenvalue weighted by Crippen LogP contribution is -2.50. The van der Waals surface area contributed by atoms with Gasteiger partial charge in [-0.15, -0.1) is 0 Å². The molecule has 148 valence electrons. The van der Waals surface area contributed by atoms with E-state index in [-0.39, 0.29) is 22.8 Å². The molecule has 1 aliphatic heterocycles. The number of hydrogen-bond donors (Lipinski definition) is 2. The van der Waals surface area contributed by atoms with Crippen LogP contribution in [0.15, 0.2) is 18.2 Å². The van der Waals surface area contributed by atoms with Gasteiger partial charge in [0, 0.05) is 43.5 Å². The Kier molecular flexibility index (Phi) is 7.86. The Bertz CT molecular complexity index is 703. The maximum absolute atomic E-state index is 12.2. The van der Waals surface area contributed by atoms with Gasteiger partial charge in [0.25, 0.3) is 0 Å². The summed E-state index contributed by atoms with van der Waals surface area (Å²) < 4.78 is 0. The first-order valence-electron chi connectivity index (χ1n) is 9.26. The van der Waals surface area contributed by atoms with Crippen LogP contribution in [0.3, 0.4) is 0 Å². The molecule has 27 heavy (non-hydrogen) atoms. The third-order valence-corrected chi connectivity index (χ3v) is 4.80. The number of piperazine rings is 1. The Morgan fingerprint density at radius 3 is 2.48 bits per heavy atom. The molecule has 1 fully saturated rings. The molecule has 1 aliphatic rings. The van der Waals surface area contributed by atoms with E-state index in [2.05, 4.69) is 15.5 Å². The Balaban J connectivity index is 2.07. The van der Waals surface area contributed by atoms with Gasteiger partial charge >= 0.3 is 0 Å². The zero-order chi connectivity index (χ0) is 20.0. The molecule has 6 nitrogen and oxygen atoms in total. The van der Waals surface area contributed by atoms with Gasteiger partial charge in [-0.05, 0) is 36.8 Å². The third kappa shape index (κ3) is 6.07. The maximum atomic E-state index is 12.2. The van der Waals surface area contributed by atoms with Crippen LogP contribution in [0.25, 0.3) is 0 Å². The summed E-state index contributed by atoms with van der Waals surface area (Å²) in [6.07, 6.45) is 1.19. The minimum absolute atomic E-state index is 0.00779. The number of anilines is 2. The molecule has 1 saturated heterocycles. The van der Waals surface area contributed by atoms with Crippen LogP contribution < -0.4 is 15.5 Å². The molecule has 2 N–H and O–H groups in total. The second kappa shape index (κ2) is 9.90. The topological polar surface area (TPSA) is 64.7 Å². The molecule has 0 aromatic heterocycles. The molecule has 0 bridgehead atoms. The quantitative estimate of drug-likeness (QED) is 0.729. The summed E-state index contributed by atoms with van der Waals surface area (Å²) in [7, 11) is 0. The number of nitrogens with zero attached hydrogens (tertiary/aromatic N) is 2. The number of halogens is 1. The highest BCUT2D eigenvalue weighted by atomic mass is 35.5. The Morgan fingerprint density at radius 1 is 1.22 bits per heavy atom. The molecule has 2 rings (SSSR count). The lowest BCUT2D eigenvalue weighted by atomic mass is 10.1. The van der Waals surface area contributed by atoms with Crippen molar-refractivity contribution >= 4 is 52.1 Å². The molecule has 0 saturated carbocycles. The van der Waals surface area contributed by atoms with Gasteiger partial charge in [0.15, 0.2) is 5.11 Å². The van der Waals surface area contributed by atoms with E-state index in [1.54, 1.807) is 6.07 Å². The summed E-state index contributed by atoms with van der Waals surface area (Å²) in [4.78, 5) is 28.0. The molecular weight excluding hydrogens is 384 g/mol. The van der Waals surface area contributed by atoms with E-state index >= 15 is 0 Å². The Morgan fingerprint density at radius 2 is 1.89 bits per heavy atom. The number of hydrogen-bond acceptors (Lipinski definition) is 4. The summed E-state index contributed by atoms with van der Waals surface area (Å²) in [6.45, 7) is 8.59. The fourth-order valence-corrected chi connectivity index (χ4v) is 3.38. The van der Waals surface area contributed by atoms with Gasteiger partial charge in [-0.1, -0.05) is 32.4 Å². The minimum atomic E-state index is -0.112. The summed E-state index contributed by atoms with van der Waals surface area (Å²) in [5, 5.41) is 6.60. The average Bonchev–Trinajstić information content (AvgIpc) is 2.61. The van der Waals surface area contributed by atoms with Crippen molar-refractivity contribution in [3.8, 4) is 0 Å². The van der Waals surface area contributed by atoms with Crippen LogP contribution in [0.2, 0.25) is 5.02 Å². The molecule has 2 amide bonds. The number of benzene rings is 1. The van der Waals surface area contributed by atoms with E-state index in [9.17, 15) is 9.59 Å². The zero-order valence-electron chi connectivity index (χ0n) is 16.0. The molecule has 8 heteroatoms. The largest absolute Gasteiger partial charge is 0.366 e. The SMILES string of the molecule is CCCC(=O)NC(=S)Nc1cc(Cl)ccc1N1CCN(C(=O)C(C)C)CC1. The first-order valence-corrected chi connectivity index (χ1v) is 10.0. The van der Waals surface area contributed by atoms with Crippen molar-refractivity contribution in [3.05, 3.63) is 23.2 Å². The van der Waals surface area contributed by atoms with Crippen LogP contribution in [-0.2, 0) is 9.59 Å². The lowest BCUT2D eigenvalue weighted by Gasteiger charge is -2.37. The van der Waals surface area contributed by atoms with E-state index in [1.165, 1.54) is 0 Å². The maximum Gasteiger partial charge on any atom is 0.226 e. The Labute approximate surface area is 171 Å². The van der Waals surface area contributed by atoms with Gasteiger partial charge in [-0.3, -0.25) is 9.59 Å². The fraction of sp³-hybridized carbons (Fsp3) is 0.526. The van der Waals surface area contributed by atoms with Gasteiger partial charge in [0.1, 0.15) is 0 Å². The van der Waals surface area contributed by atoms with Crippen molar-refractivity contribution in [3.63, 3.8) is 0 Å². The van der Waals surface area contributed by atoms with Crippen LogP contribution in [-0.4, -0.2) is 48.0 Å². The summed E-state index contributed by atoms with van der Waals surface area (Å²) in [5.41, 5.74) is 1.69. The molecule has 0 aliphatic carbocycles. The fourth-order valence-electron chi connectivity index (χ4n) is 2.99. The summed E-state index contributed by atoms with van der Waals surface area (Å²) in [5.74, 6) is 0.0803. The second-order valence-corrected chi connectivity index (χ2v) is 7.73. The molecular formula is C19H27ClN4O2S. The van der Waals surface area contributed by atoms with Crippen LogP contribution in [0.5, 0.6) is 0 Å². The number of nitrogens with one attached hydrogen (secondary N) is 2. The number of thiocarbonyl (C=S) groups is 1. The smallest absolute Gasteiger partial charge is 0.226 e. The highest BCUT2D eigenvalue weighted by molar-refractivity contribution is 7.80.